The van der Waals surface area contributed by atoms with Crippen molar-refractivity contribution >= 4 is 59.1 Å². The number of nitrogens with zero attached hydrogens (tertiary/aromatic N) is 1. The van der Waals surface area contributed by atoms with E-state index in [0.717, 1.165) is 62.3 Å². The van der Waals surface area contributed by atoms with Crippen LogP contribution >= 0.6 is 0 Å². The number of esters is 4. The van der Waals surface area contributed by atoms with Crippen LogP contribution in [-0.4, -0.2) is 54.9 Å². The van der Waals surface area contributed by atoms with Gasteiger partial charge in [0, 0.05) is 53.5 Å². The van der Waals surface area contributed by atoms with E-state index in [-0.39, 0.29) is 0 Å². The van der Waals surface area contributed by atoms with E-state index in [1.165, 1.54) is 24.3 Å². The molecule has 0 aliphatic rings. The van der Waals surface area contributed by atoms with Gasteiger partial charge in [-0.05, 0) is 73.2 Å². The average molecular weight is 636 g/mol. The molecule has 0 saturated carbocycles. The monoisotopic (exact) mass is 635 g/mol. The van der Waals surface area contributed by atoms with Gasteiger partial charge in [-0.25, -0.2) is 19.2 Å². The van der Waals surface area contributed by atoms with Crippen LogP contribution in [0.2, 0.25) is 0 Å². The van der Waals surface area contributed by atoms with Crippen molar-refractivity contribution in [3.63, 3.8) is 0 Å². The summed E-state index contributed by atoms with van der Waals surface area (Å²) >= 11 is 0. The van der Waals surface area contributed by atoms with Crippen LogP contribution in [0.4, 0.5) is 0 Å². The van der Waals surface area contributed by atoms with E-state index in [9.17, 15) is 19.2 Å². The van der Waals surface area contributed by atoms with Gasteiger partial charge in [-0.1, -0.05) is 53.4 Å². The molecule has 0 amide bonds. The van der Waals surface area contributed by atoms with Crippen molar-refractivity contribution in [1.29, 1.82) is 0 Å². The summed E-state index contributed by atoms with van der Waals surface area (Å²) in [6.07, 6.45) is 18.7. The maximum Gasteiger partial charge on any atom is 0.330 e. The predicted octanol–water partition coefficient (Wildman–Crippen LogP) is 7.60. The topological polar surface area (TPSA) is 110 Å². The molecule has 2 aromatic rings. The highest BCUT2D eigenvalue weighted by atomic mass is 16.5. The Morgan fingerprint density at radius 2 is 0.935 bits per heavy atom. The van der Waals surface area contributed by atoms with Gasteiger partial charge in [-0.2, -0.15) is 0 Å². The van der Waals surface area contributed by atoms with Crippen LogP contribution in [0.5, 0.6) is 0 Å². The van der Waals surface area contributed by atoms with Crippen molar-refractivity contribution < 1.29 is 38.1 Å². The summed E-state index contributed by atoms with van der Waals surface area (Å²) in [6, 6.07) is 3.74. The number of aryl methyl sites for hydroxylation is 1. The van der Waals surface area contributed by atoms with Crippen LogP contribution in [0.25, 0.3) is 35.2 Å². The lowest BCUT2D eigenvalue weighted by Gasteiger charge is -2.06. The Morgan fingerprint density at radius 3 is 1.35 bits per heavy atom. The number of hydrogen-bond acceptors (Lipinski definition) is 8. The third kappa shape index (κ3) is 12.9. The molecule has 9 heteroatoms. The minimum absolute atomic E-state index is 0.325. The minimum Gasteiger partial charge on any atom is -0.463 e. The number of unbranched alkanes of at least 4 members (excludes halogenated alkanes) is 4. The van der Waals surface area contributed by atoms with Crippen molar-refractivity contribution in [3.05, 3.63) is 58.8 Å². The molecule has 0 saturated heterocycles. The van der Waals surface area contributed by atoms with Crippen molar-refractivity contribution in [2.45, 2.75) is 79.1 Å². The summed E-state index contributed by atoms with van der Waals surface area (Å²) in [5, 5.41) is 0.751. The largest absolute Gasteiger partial charge is 0.463 e. The molecule has 0 spiro atoms. The maximum atomic E-state index is 12.5. The van der Waals surface area contributed by atoms with Gasteiger partial charge in [0.25, 0.3) is 0 Å². The van der Waals surface area contributed by atoms with E-state index >= 15 is 0 Å². The van der Waals surface area contributed by atoms with Gasteiger partial charge in [0.15, 0.2) is 0 Å². The molecule has 0 N–H and O–H groups in total. The van der Waals surface area contributed by atoms with Crippen LogP contribution in [0.15, 0.2) is 36.4 Å². The normalized spacial score (nSPS) is 11.8. The highest BCUT2D eigenvalue weighted by Gasteiger charge is 2.15. The molecule has 0 unspecified atom stereocenters. The number of rotatable bonds is 20. The molecule has 0 aliphatic heterocycles. The molecule has 1 aromatic heterocycles. The molecule has 46 heavy (non-hydrogen) atoms. The van der Waals surface area contributed by atoms with Crippen LogP contribution < -0.4 is 0 Å². The van der Waals surface area contributed by atoms with E-state index in [2.05, 4.69) is 0 Å². The first-order valence-corrected chi connectivity index (χ1v) is 16.3. The molecule has 9 nitrogen and oxygen atoms in total. The molecule has 0 radical (unpaired) electrons. The van der Waals surface area contributed by atoms with E-state index in [4.69, 9.17) is 18.9 Å². The quantitative estimate of drug-likeness (QED) is 0.0633. The van der Waals surface area contributed by atoms with Gasteiger partial charge < -0.3 is 23.5 Å². The minimum atomic E-state index is -0.476. The Kier molecular flexibility index (Phi) is 17.5. The number of aromatic nitrogens is 1. The molecule has 0 aliphatic carbocycles. The van der Waals surface area contributed by atoms with Crippen LogP contribution in [-0.2, 0) is 45.2 Å². The molecular weight excluding hydrogens is 586 g/mol. The number of benzene rings is 1. The van der Waals surface area contributed by atoms with Gasteiger partial charge in [0.05, 0.1) is 26.4 Å². The Hall–Kier alpha value is -4.40. The maximum absolute atomic E-state index is 12.5. The summed E-state index contributed by atoms with van der Waals surface area (Å²) in [7, 11) is 1.84. The summed E-state index contributed by atoms with van der Waals surface area (Å²) in [4.78, 5) is 49.7. The molecule has 1 aromatic carbocycles. The zero-order chi connectivity index (χ0) is 33.7. The van der Waals surface area contributed by atoms with Gasteiger partial charge in [0.2, 0.25) is 0 Å². The number of carbonyl (C=O) groups excluding carboxylic acids is 4. The van der Waals surface area contributed by atoms with Crippen molar-refractivity contribution in [2.75, 3.05) is 26.4 Å². The van der Waals surface area contributed by atoms with Crippen molar-refractivity contribution in [3.8, 4) is 0 Å². The summed E-state index contributed by atoms with van der Waals surface area (Å²) in [5.41, 5.74) is 3.37. The first-order valence-electron chi connectivity index (χ1n) is 16.3. The zero-order valence-corrected chi connectivity index (χ0v) is 28.0. The summed E-state index contributed by atoms with van der Waals surface area (Å²) < 4.78 is 23.1. The SMILES string of the molecule is CCCCOC(=O)/C=C/c1cc2c(/C=C/C(=O)OCCCC)c(/C=C/C(=O)OCCCC)n(C)c2cc1/C=C/C(=O)OCCCC. The van der Waals surface area contributed by atoms with Gasteiger partial charge in [-0.15, -0.1) is 0 Å². The lowest BCUT2D eigenvalue weighted by Crippen LogP contribution is -2.02. The van der Waals surface area contributed by atoms with Crippen molar-refractivity contribution in [1.82, 2.24) is 4.57 Å². The fourth-order valence-electron chi connectivity index (χ4n) is 4.30. The third-order valence-corrected chi connectivity index (χ3v) is 7.02. The van der Waals surface area contributed by atoms with Crippen molar-refractivity contribution in [2.24, 2.45) is 7.05 Å². The summed E-state index contributed by atoms with van der Waals surface area (Å²) in [5.74, 6) is -1.89. The first kappa shape index (κ1) is 37.8. The van der Waals surface area contributed by atoms with Crippen LogP contribution in [0.1, 0.15) is 101 Å². The Bertz CT molecular complexity index is 1430. The Balaban J connectivity index is 2.65. The second-order valence-corrected chi connectivity index (χ2v) is 10.8. The molecule has 0 fully saturated rings. The van der Waals surface area contributed by atoms with E-state index < -0.39 is 23.9 Å². The number of ether oxygens (including phenoxy) is 4. The fraction of sp³-hybridized carbons (Fsp3) is 0.459. The number of fused-ring (bicyclic) bond motifs is 1. The Morgan fingerprint density at radius 1 is 0.565 bits per heavy atom. The summed E-state index contributed by atoms with van der Waals surface area (Å²) in [6.45, 7) is 9.38. The molecule has 1 heterocycles. The standard InChI is InChI=1S/C37H49NO8/c1-6-10-22-43-34(39)18-14-28-26-31-30(16-20-36(41)45-24-12-8-3)32(17-21-37(42)46-25-13-9-4)38(5)33(31)27-29(28)15-19-35(40)44-23-11-7-2/h14-21,26-27H,6-13,22-25H2,1-5H3/b18-14+,19-15+,20-16+,21-17+. The van der Waals surface area contributed by atoms with Gasteiger partial charge in [-0.3, -0.25) is 0 Å². The van der Waals surface area contributed by atoms with E-state index in [0.29, 0.717) is 48.8 Å². The smallest absolute Gasteiger partial charge is 0.330 e. The van der Waals surface area contributed by atoms with E-state index in [1.807, 2.05) is 51.4 Å². The molecule has 0 bridgehead atoms. The third-order valence-electron chi connectivity index (χ3n) is 7.02. The average Bonchev–Trinajstić information content (AvgIpc) is 3.29. The lowest BCUT2D eigenvalue weighted by atomic mass is 10.0. The highest BCUT2D eigenvalue weighted by Crippen LogP contribution is 2.32. The lowest BCUT2D eigenvalue weighted by molar-refractivity contribution is -0.138. The van der Waals surface area contributed by atoms with Gasteiger partial charge in [0.1, 0.15) is 0 Å². The molecule has 250 valence electrons. The van der Waals surface area contributed by atoms with Crippen LogP contribution in [0, 0.1) is 0 Å². The van der Waals surface area contributed by atoms with E-state index in [1.54, 1.807) is 24.3 Å². The highest BCUT2D eigenvalue weighted by molar-refractivity contribution is 6.01. The predicted molar refractivity (Wildman–Crippen MR) is 183 cm³/mol. The number of hydrogen-bond donors (Lipinski definition) is 0. The Labute approximate surface area is 272 Å². The second kappa shape index (κ2) is 21.4. The molecule has 2 rings (SSSR count). The fourth-order valence-corrected chi connectivity index (χ4v) is 4.30. The second-order valence-electron chi connectivity index (χ2n) is 10.8. The zero-order valence-electron chi connectivity index (χ0n) is 28.0. The van der Waals surface area contributed by atoms with Crippen LogP contribution in [0.3, 0.4) is 0 Å². The van der Waals surface area contributed by atoms with Gasteiger partial charge >= 0.3 is 23.9 Å². The number of carbonyl (C=O) groups is 4. The molecule has 0 atom stereocenters. The first-order chi connectivity index (χ1) is 22.2. The molecular formula is C37H49NO8.